The summed E-state index contributed by atoms with van der Waals surface area (Å²) in [5.41, 5.74) is 2.06. The molecule has 0 radical (unpaired) electrons. The Morgan fingerprint density at radius 1 is 1.29 bits per heavy atom. The topological polar surface area (TPSA) is 61.4 Å². The standard InChI is InChI=1S/C16H18F3N3O2/c17-16(18,19)11-2-1-7-22(9-11)15(24)20-12-5-3-10-4-6-14(23)21-13(10)8-12/h3,5,8,11H,1-2,4,6-7,9H2,(H,20,24)(H,21,23). The highest BCUT2D eigenvalue weighted by molar-refractivity contribution is 5.96. The number of hydrogen-bond acceptors (Lipinski definition) is 2. The van der Waals surface area contributed by atoms with Gasteiger partial charge in [0, 0.05) is 30.9 Å². The molecule has 0 spiro atoms. The van der Waals surface area contributed by atoms with Crippen molar-refractivity contribution in [3.63, 3.8) is 0 Å². The van der Waals surface area contributed by atoms with E-state index in [1.54, 1.807) is 18.2 Å². The molecule has 1 atom stereocenters. The molecule has 8 heteroatoms. The zero-order valence-electron chi connectivity index (χ0n) is 12.9. The number of aryl methyl sites for hydroxylation is 1. The van der Waals surface area contributed by atoms with E-state index in [2.05, 4.69) is 10.6 Å². The number of rotatable bonds is 1. The first-order valence-electron chi connectivity index (χ1n) is 7.88. The lowest BCUT2D eigenvalue weighted by Gasteiger charge is -2.33. The summed E-state index contributed by atoms with van der Waals surface area (Å²) in [6, 6.07) is 4.58. The van der Waals surface area contributed by atoms with Crippen LogP contribution in [0.25, 0.3) is 0 Å². The fourth-order valence-electron chi connectivity index (χ4n) is 3.08. The molecule has 0 saturated carbocycles. The first kappa shape index (κ1) is 16.6. The highest BCUT2D eigenvalue weighted by Gasteiger charge is 2.42. The number of hydrogen-bond donors (Lipinski definition) is 2. The average molecular weight is 341 g/mol. The number of carbonyl (C=O) groups excluding carboxylic acids is 2. The van der Waals surface area contributed by atoms with Gasteiger partial charge in [0.2, 0.25) is 5.91 Å². The van der Waals surface area contributed by atoms with Crippen molar-refractivity contribution in [1.82, 2.24) is 4.90 Å². The Balaban J connectivity index is 1.66. The van der Waals surface area contributed by atoms with Crippen molar-refractivity contribution in [3.8, 4) is 0 Å². The van der Waals surface area contributed by atoms with E-state index in [9.17, 15) is 22.8 Å². The summed E-state index contributed by atoms with van der Waals surface area (Å²) in [5, 5.41) is 5.34. The Hall–Kier alpha value is -2.25. The van der Waals surface area contributed by atoms with Crippen molar-refractivity contribution in [2.24, 2.45) is 5.92 Å². The number of benzene rings is 1. The van der Waals surface area contributed by atoms with Gasteiger partial charge in [0.25, 0.3) is 0 Å². The lowest BCUT2D eigenvalue weighted by atomic mass is 9.98. The van der Waals surface area contributed by atoms with E-state index in [0.29, 0.717) is 37.2 Å². The average Bonchev–Trinajstić information content (AvgIpc) is 2.54. The number of urea groups is 1. The van der Waals surface area contributed by atoms with E-state index in [1.165, 1.54) is 4.90 Å². The predicted octanol–water partition coefficient (Wildman–Crippen LogP) is 3.38. The second-order valence-electron chi connectivity index (χ2n) is 6.18. The summed E-state index contributed by atoms with van der Waals surface area (Å²) in [4.78, 5) is 24.9. The van der Waals surface area contributed by atoms with E-state index in [1.807, 2.05) is 0 Å². The highest BCUT2D eigenvalue weighted by Crippen LogP contribution is 2.33. The normalized spacial score (nSPS) is 21.0. The summed E-state index contributed by atoms with van der Waals surface area (Å²) in [6.07, 6.45) is -2.84. The SMILES string of the molecule is O=C1CCc2ccc(NC(=O)N3CCCC(C(F)(F)F)C3)cc2N1. The molecular formula is C16H18F3N3O2. The summed E-state index contributed by atoms with van der Waals surface area (Å²) >= 11 is 0. The van der Waals surface area contributed by atoms with Crippen molar-refractivity contribution < 1.29 is 22.8 Å². The van der Waals surface area contributed by atoms with Crippen LogP contribution in [0.5, 0.6) is 0 Å². The molecule has 130 valence electrons. The van der Waals surface area contributed by atoms with Gasteiger partial charge < -0.3 is 15.5 Å². The van der Waals surface area contributed by atoms with Crippen LogP contribution in [0.3, 0.4) is 0 Å². The Morgan fingerprint density at radius 2 is 2.08 bits per heavy atom. The molecule has 24 heavy (non-hydrogen) atoms. The molecule has 1 aromatic carbocycles. The summed E-state index contributed by atoms with van der Waals surface area (Å²) in [7, 11) is 0. The van der Waals surface area contributed by atoms with E-state index < -0.39 is 18.1 Å². The van der Waals surface area contributed by atoms with Crippen molar-refractivity contribution in [2.45, 2.75) is 31.9 Å². The third kappa shape index (κ3) is 3.63. The number of alkyl halides is 3. The minimum absolute atomic E-state index is 0.0537. The minimum atomic E-state index is -4.28. The molecule has 1 aromatic rings. The lowest BCUT2D eigenvalue weighted by molar-refractivity contribution is -0.183. The van der Waals surface area contributed by atoms with Crippen LogP contribution >= 0.6 is 0 Å². The predicted molar refractivity (Wildman–Crippen MR) is 82.8 cm³/mol. The molecule has 2 aliphatic rings. The van der Waals surface area contributed by atoms with E-state index in [-0.39, 0.29) is 18.9 Å². The van der Waals surface area contributed by atoms with E-state index >= 15 is 0 Å². The Labute approximate surface area is 137 Å². The van der Waals surface area contributed by atoms with Crippen molar-refractivity contribution in [3.05, 3.63) is 23.8 Å². The second kappa shape index (κ2) is 6.33. The molecule has 1 unspecified atom stereocenters. The second-order valence-corrected chi connectivity index (χ2v) is 6.18. The van der Waals surface area contributed by atoms with Gasteiger partial charge in [-0.2, -0.15) is 13.2 Å². The molecule has 1 saturated heterocycles. The molecule has 2 aliphatic heterocycles. The van der Waals surface area contributed by atoms with Crippen LogP contribution in [0.4, 0.5) is 29.3 Å². The van der Waals surface area contributed by atoms with Crippen molar-refractivity contribution in [1.29, 1.82) is 0 Å². The summed E-state index contributed by atoms with van der Waals surface area (Å²) < 4.78 is 38.5. The molecule has 3 rings (SSSR count). The van der Waals surface area contributed by atoms with Gasteiger partial charge in [-0.05, 0) is 37.0 Å². The third-order valence-electron chi connectivity index (χ3n) is 4.43. The smallest absolute Gasteiger partial charge is 0.326 e. The molecule has 2 N–H and O–H groups in total. The van der Waals surface area contributed by atoms with Crippen LogP contribution in [0.15, 0.2) is 18.2 Å². The fraction of sp³-hybridized carbons (Fsp3) is 0.500. The number of amides is 3. The number of carbonyl (C=O) groups is 2. The molecule has 5 nitrogen and oxygen atoms in total. The number of nitrogens with one attached hydrogen (secondary N) is 2. The van der Waals surface area contributed by atoms with Gasteiger partial charge in [-0.3, -0.25) is 4.79 Å². The summed E-state index contributed by atoms with van der Waals surface area (Å²) in [6.45, 7) is -0.0168. The maximum Gasteiger partial charge on any atom is 0.393 e. The van der Waals surface area contributed by atoms with Gasteiger partial charge in [0.05, 0.1) is 5.92 Å². The summed E-state index contributed by atoms with van der Waals surface area (Å²) in [5.74, 6) is -1.56. The van der Waals surface area contributed by atoms with E-state index in [0.717, 1.165) is 5.56 Å². The number of anilines is 2. The van der Waals surface area contributed by atoms with Crippen LogP contribution in [-0.4, -0.2) is 36.1 Å². The van der Waals surface area contributed by atoms with Crippen LogP contribution in [0.1, 0.15) is 24.8 Å². The number of nitrogens with zero attached hydrogens (tertiary/aromatic N) is 1. The molecule has 0 bridgehead atoms. The Morgan fingerprint density at radius 3 is 2.83 bits per heavy atom. The lowest BCUT2D eigenvalue weighted by Crippen LogP contribution is -2.46. The molecule has 3 amide bonds. The monoisotopic (exact) mass is 341 g/mol. The minimum Gasteiger partial charge on any atom is -0.326 e. The fourth-order valence-corrected chi connectivity index (χ4v) is 3.08. The molecular weight excluding hydrogens is 323 g/mol. The van der Waals surface area contributed by atoms with Crippen LogP contribution in [0.2, 0.25) is 0 Å². The maximum absolute atomic E-state index is 12.8. The van der Waals surface area contributed by atoms with Crippen molar-refractivity contribution >= 4 is 23.3 Å². The molecule has 0 aromatic heterocycles. The number of fused-ring (bicyclic) bond motifs is 1. The van der Waals surface area contributed by atoms with Crippen molar-refractivity contribution in [2.75, 3.05) is 23.7 Å². The largest absolute Gasteiger partial charge is 0.393 e. The van der Waals surface area contributed by atoms with Gasteiger partial charge in [-0.15, -0.1) is 0 Å². The van der Waals surface area contributed by atoms with Gasteiger partial charge in [0.15, 0.2) is 0 Å². The number of piperidine rings is 1. The third-order valence-corrected chi connectivity index (χ3v) is 4.43. The highest BCUT2D eigenvalue weighted by atomic mass is 19.4. The van der Waals surface area contributed by atoms with Gasteiger partial charge in [-0.25, -0.2) is 4.79 Å². The van der Waals surface area contributed by atoms with Gasteiger partial charge in [-0.1, -0.05) is 6.07 Å². The molecule has 2 heterocycles. The van der Waals surface area contributed by atoms with Gasteiger partial charge in [0.1, 0.15) is 0 Å². The Kier molecular flexibility index (Phi) is 4.38. The van der Waals surface area contributed by atoms with Gasteiger partial charge >= 0.3 is 12.2 Å². The first-order chi connectivity index (χ1) is 11.3. The zero-order chi connectivity index (χ0) is 17.3. The van der Waals surface area contributed by atoms with Crippen LogP contribution in [0, 0.1) is 5.92 Å². The van der Waals surface area contributed by atoms with Crippen LogP contribution < -0.4 is 10.6 Å². The molecule has 1 fully saturated rings. The first-order valence-corrected chi connectivity index (χ1v) is 7.88. The Bertz CT molecular complexity index is 660. The zero-order valence-corrected chi connectivity index (χ0v) is 12.9. The van der Waals surface area contributed by atoms with E-state index in [4.69, 9.17) is 0 Å². The molecule has 0 aliphatic carbocycles. The quantitative estimate of drug-likeness (QED) is 0.823. The number of likely N-dealkylation sites (tertiary alicyclic amines) is 1. The maximum atomic E-state index is 12.8. The number of halogens is 3. The van der Waals surface area contributed by atoms with Crippen LogP contribution in [-0.2, 0) is 11.2 Å².